The van der Waals surface area contributed by atoms with Crippen LogP contribution >= 0.6 is 0 Å². The first kappa shape index (κ1) is 42.0. The zero-order valence-corrected chi connectivity index (χ0v) is 35.9. The quantitative estimate of drug-likeness (QED) is 0.137. The van der Waals surface area contributed by atoms with Crippen LogP contribution in [0.25, 0.3) is 33.6 Å². The number of H-pyrrole nitrogens is 2. The van der Waals surface area contributed by atoms with Crippen LogP contribution < -0.4 is 10.6 Å². The molecule has 2 bridgehead atoms. The molecule has 2 saturated heterocycles. The Morgan fingerprint density at radius 2 is 1.44 bits per heavy atom. The highest BCUT2D eigenvalue weighted by Crippen LogP contribution is 2.58. The van der Waals surface area contributed by atoms with Crippen molar-refractivity contribution in [3.63, 3.8) is 0 Å². The monoisotopic (exact) mass is 832 g/mol. The molecule has 0 unspecified atom stereocenters. The number of amides is 4. The molecule has 0 radical (unpaired) electrons. The lowest BCUT2D eigenvalue weighted by molar-refractivity contribution is -0.136. The van der Waals surface area contributed by atoms with E-state index in [1.807, 2.05) is 29.8 Å². The number of hydrogen-bond donors (Lipinski definition) is 4. The Morgan fingerprint density at radius 1 is 0.787 bits per heavy atom. The van der Waals surface area contributed by atoms with E-state index < -0.39 is 24.3 Å². The first-order chi connectivity index (χ1) is 29.6. The Labute approximate surface area is 358 Å². The molecule has 4 aromatic rings. The summed E-state index contributed by atoms with van der Waals surface area (Å²) in [7, 11) is 2.64. The number of rotatable bonds is 8. The highest BCUT2D eigenvalue weighted by atomic mass is 16.5. The molecule has 5 heterocycles. The van der Waals surface area contributed by atoms with E-state index in [1.165, 1.54) is 14.2 Å². The van der Waals surface area contributed by atoms with Crippen molar-refractivity contribution in [2.45, 2.75) is 121 Å². The van der Waals surface area contributed by atoms with Gasteiger partial charge in [-0.3, -0.25) is 9.59 Å². The van der Waals surface area contributed by atoms with E-state index in [1.54, 1.807) is 0 Å². The highest BCUT2D eigenvalue weighted by Gasteiger charge is 2.55. The number of benzene rings is 2. The van der Waals surface area contributed by atoms with Crippen LogP contribution in [0.2, 0.25) is 0 Å². The zero-order chi connectivity index (χ0) is 42.7. The van der Waals surface area contributed by atoms with Crippen LogP contribution in [-0.2, 0) is 25.5 Å². The largest absolute Gasteiger partial charge is 0.453 e. The number of carbonyl (C=O) groups is 4. The van der Waals surface area contributed by atoms with Crippen LogP contribution in [0.5, 0.6) is 0 Å². The van der Waals surface area contributed by atoms with Gasteiger partial charge in [0.2, 0.25) is 11.8 Å². The molecule has 8 rings (SSSR count). The Kier molecular flexibility index (Phi) is 12.5. The van der Waals surface area contributed by atoms with Gasteiger partial charge in [-0.1, -0.05) is 94.5 Å². The van der Waals surface area contributed by atoms with Crippen molar-refractivity contribution in [2.24, 2.45) is 11.3 Å². The standard InChI is InChI=1S/C47H60N8O6/c1-29(2)39(53-46(59)61-4)44(57)54-25-11-14-37(54)41-48-27-36(50-41)32-19-15-30(16-20-32)31-17-21-33(22-18-31)40-34-12-9-7-5-6-8-10-13-35(51-45(58)60-3)43(56)55-28-47(23-24-47)26-38(55)42(49-34)52-40/h15-22,27,29,35,37-39H,5-14,23-26,28H2,1-4H3,(H,48,50)(H,49,52)(H,51,58)(H,53,59)/t35-,37+,38-,39-/m0/s1. The van der Waals surface area contributed by atoms with Gasteiger partial charge >= 0.3 is 12.2 Å². The summed E-state index contributed by atoms with van der Waals surface area (Å²) in [5.41, 5.74) is 7.23. The summed E-state index contributed by atoms with van der Waals surface area (Å²) >= 11 is 0. The van der Waals surface area contributed by atoms with Gasteiger partial charge in [-0.25, -0.2) is 19.6 Å². The number of nitrogens with zero attached hydrogens (tertiary/aromatic N) is 4. The van der Waals surface area contributed by atoms with Crippen molar-refractivity contribution in [1.82, 2.24) is 40.4 Å². The topological polar surface area (TPSA) is 175 Å². The minimum atomic E-state index is -0.687. The van der Waals surface area contributed by atoms with Gasteiger partial charge in [-0.15, -0.1) is 0 Å². The van der Waals surface area contributed by atoms with Crippen LogP contribution in [0.1, 0.15) is 120 Å². The summed E-state index contributed by atoms with van der Waals surface area (Å²) < 4.78 is 9.70. The molecule has 3 fully saturated rings. The second kappa shape index (κ2) is 18.1. The van der Waals surface area contributed by atoms with Crippen molar-refractivity contribution in [3.05, 3.63) is 72.1 Å². The van der Waals surface area contributed by atoms with Gasteiger partial charge in [0.05, 0.1) is 43.9 Å². The van der Waals surface area contributed by atoms with E-state index in [2.05, 4.69) is 69.1 Å². The van der Waals surface area contributed by atoms with Crippen LogP contribution in [0.15, 0.2) is 54.7 Å². The van der Waals surface area contributed by atoms with Gasteiger partial charge < -0.3 is 39.9 Å². The predicted octanol–water partition coefficient (Wildman–Crippen LogP) is 8.24. The molecule has 2 aromatic heterocycles. The van der Waals surface area contributed by atoms with E-state index in [0.29, 0.717) is 19.5 Å². The normalized spacial score (nSPS) is 22.0. The molecule has 4 N–H and O–H groups in total. The molecule has 2 aromatic carbocycles. The van der Waals surface area contributed by atoms with Crippen LogP contribution in [0, 0.1) is 11.3 Å². The predicted molar refractivity (Wildman–Crippen MR) is 231 cm³/mol. The van der Waals surface area contributed by atoms with Crippen LogP contribution in [0.3, 0.4) is 0 Å². The number of hydrogen-bond acceptors (Lipinski definition) is 8. The average molecular weight is 833 g/mol. The maximum absolute atomic E-state index is 14.2. The lowest BCUT2D eigenvalue weighted by atomic mass is 9.99. The van der Waals surface area contributed by atoms with Gasteiger partial charge in [-0.2, -0.15) is 0 Å². The van der Waals surface area contributed by atoms with Gasteiger partial charge in [-0.05, 0) is 79.4 Å². The number of carbonyl (C=O) groups excluding carboxylic acids is 4. The fourth-order valence-electron chi connectivity index (χ4n) is 9.60. The van der Waals surface area contributed by atoms with Gasteiger partial charge in [0.15, 0.2) is 0 Å². The molecule has 1 saturated carbocycles. The molecule has 3 aliphatic heterocycles. The van der Waals surface area contributed by atoms with E-state index >= 15 is 0 Å². The molecule has 4 amide bonds. The number of nitrogens with one attached hydrogen (secondary N) is 4. The first-order valence-corrected chi connectivity index (χ1v) is 22.2. The smallest absolute Gasteiger partial charge is 0.407 e. The Bertz CT molecular complexity index is 2190. The number of alkyl carbamates (subject to hydrolysis) is 2. The molecular formula is C47H60N8O6. The van der Waals surface area contributed by atoms with E-state index in [0.717, 1.165) is 128 Å². The summed E-state index contributed by atoms with van der Waals surface area (Å²) in [6, 6.07) is 15.2. The third kappa shape index (κ3) is 9.18. The second-order valence-corrected chi connectivity index (χ2v) is 17.9. The third-order valence-corrected chi connectivity index (χ3v) is 13.3. The molecule has 324 valence electrons. The van der Waals surface area contributed by atoms with Crippen molar-refractivity contribution in [1.29, 1.82) is 0 Å². The average Bonchev–Trinajstić information content (AvgIpc) is 3.76. The van der Waals surface area contributed by atoms with E-state index in [9.17, 15) is 19.2 Å². The van der Waals surface area contributed by atoms with Crippen LogP contribution in [-0.4, -0.2) is 93.1 Å². The Hall–Kier alpha value is -5.66. The van der Waals surface area contributed by atoms with Crippen molar-refractivity contribution >= 4 is 24.0 Å². The van der Waals surface area contributed by atoms with E-state index in [-0.39, 0.29) is 35.2 Å². The first-order valence-electron chi connectivity index (χ1n) is 22.2. The molecular weight excluding hydrogens is 773 g/mol. The van der Waals surface area contributed by atoms with Crippen molar-refractivity contribution in [3.8, 4) is 33.6 Å². The summed E-state index contributed by atoms with van der Waals surface area (Å²) in [5.74, 6) is 1.28. The fraction of sp³-hybridized carbons (Fsp3) is 0.532. The molecule has 61 heavy (non-hydrogen) atoms. The van der Waals surface area contributed by atoms with Gasteiger partial charge in [0.1, 0.15) is 23.7 Å². The SMILES string of the molecule is COC(=O)N[C@H]1CCCCCCCCc2[nH]c(nc2-c2ccc(-c3ccc(-c4cnc([C@H]5CCCN5C(=O)[C@@H](NC(=O)OC)C(C)C)[nH]4)cc3)cc2)[C@@H]2CC3(CC3)CN2C1=O. The Morgan fingerprint density at radius 3 is 2.11 bits per heavy atom. The number of ether oxygens (including phenoxy) is 2. The molecule has 14 nitrogen and oxygen atoms in total. The summed E-state index contributed by atoms with van der Waals surface area (Å²) in [6.45, 7) is 5.10. The molecule has 4 atom stereocenters. The number of imidazole rings is 2. The lowest BCUT2D eigenvalue weighted by Gasteiger charge is -2.30. The number of aryl methyl sites for hydroxylation is 1. The van der Waals surface area contributed by atoms with Crippen molar-refractivity contribution in [2.75, 3.05) is 27.3 Å². The lowest BCUT2D eigenvalue weighted by Crippen LogP contribution is -2.51. The molecule has 14 heteroatoms. The minimum Gasteiger partial charge on any atom is -0.453 e. The molecule has 4 aliphatic rings. The molecule has 1 aliphatic carbocycles. The number of fused-ring (bicyclic) bond motifs is 4. The minimum absolute atomic E-state index is 0.0459. The van der Waals surface area contributed by atoms with Crippen LogP contribution in [0.4, 0.5) is 9.59 Å². The summed E-state index contributed by atoms with van der Waals surface area (Å²) in [5, 5.41) is 5.56. The number of aromatic amines is 2. The van der Waals surface area contributed by atoms with E-state index in [4.69, 9.17) is 19.4 Å². The fourth-order valence-corrected chi connectivity index (χ4v) is 9.60. The number of methoxy groups -OCH3 is 2. The third-order valence-electron chi connectivity index (χ3n) is 13.3. The van der Waals surface area contributed by atoms with Crippen molar-refractivity contribution < 1.29 is 28.7 Å². The maximum atomic E-state index is 14.2. The van der Waals surface area contributed by atoms with Gasteiger partial charge in [0, 0.05) is 24.3 Å². The molecule has 1 spiro atoms. The Balaban J connectivity index is 0.990. The van der Waals surface area contributed by atoms with Gasteiger partial charge in [0.25, 0.3) is 0 Å². The second-order valence-electron chi connectivity index (χ2n) is 17.9. The zero-order valence-electron chi connectivity index (χ0n) is 35.9. The summed E-state index contributed by atoms with van der Waals surface area (Å²) in [6.07, 6.45) is 13.1. The number of aromatic nitrogens is 4. The highest BCUT2D eigenvalue weighted by molar-refractivity contribution is 5.87. The maximum Gasteiger partial charge on any atom is 0.407 e. The number of likely N-dealkylation sites (tertiary alicyclic amines) is 1. The summed E-state index contributed by atoms with van der Waals surface area (Å²) in [4.78, 5) is 73.2.